The van der Waals surface area contributed by atoms with Gasteiger partial charge in [0.1, 0.15) is 11.2 Å². The number of thioether (sulfide) groups is 2. The molecule has 0 spiro atoms. The quantitative estimate of drug-likeness (QED) is 0.453. The van der Waals surface area contributed by atoms with Gasteiger partial charge < -0.3 is 14.3 Å². The summed E-state index contributed by atoms with van der Waals surface area (Å²) in [4.78, 5) is 17.7. The molecule has 1 aliphatic rings. The number of nitrogens with one attached hydrogen (secondary N) is 1. The standard InChI is InChI=1S/C21H17FN4O2S2/c22-16-7-3-1-6-14(16)20-26(9-10-29-20)18(27)12-30-21-25-24-19(28-21)15-11-23-17-8-4-2-5-13(15)17/h1-8,11,20,23H,9-10,12H2/t20-/m1/s1. The molecule has 5 rings (SSSR count). The van der Waals surface area contributed by atoms with E-state index in [0.29, 0.717) is 23.2 Å². The van der Waals surface area contributed by atoms with E-state index < -0.39 is 0 Å². The summed E-state index contributed by atoms with van der Waals surface area (Å²) in [7, 11) is 0. The van der Waals surface area contributed by atoms with Crippen LogP contribution < -0.4 is 0 Å². The third-order valence-corrected chi connectivity index (χ3v) is 6.97. The molecule has 1 saturated heterocycles. The minimum atomic E-state index is -0.302. The van der Waals surface area contributed by atoms with Gasteiger partial charge >= 0.3 is 0 Å². The highest BCUT2D eigenvalue weighted by molar-refractivity contribution is 8.00. The number of benzene rings is 2. The van der Waals surface area contributed by atoms with E-state index in [1.165, 1.54) is 17.8 Å². The van der Waals surface area contributed by atoms with Gasteiger partial charge in [-0.3, -0.25) is 4.79 Å². The molecule has 2 aromatic carbocycles. The van der Waals surface area contributed by atoms with Crippen molar-refractivity contribution in [1.82, 2.24) is 20.1 Å². The molecule has 0 radical (unpaired) electrons. The van der Waals surface area contributed by atoms with Crippen molar-refractivity contribution in [3.05, 3.63) is 66.1 Å². The number of carbonyl (C=O) groups excluding carboxylic acids is 1. The van der Waals surface area contributed by atoms with Crippen LogP contribution in [-0.4, -0.2) is 44.0 Å². The highest BCUT2D eigenvalue weighted by Crippen LogP contribution is 2.39. The van der Waals surface area contributed by atoms with Crippen molar-refractivity contribution in [2.75, 3.05) is 18.1 Å². The maximum atomic E-state index is 14.2. The van der Waals surface area contributed by atoms with E-state index in [1.54, 1.807) is 34.9 Å². The van der Waals surface area contributed by atoms with Crippen molar-refractivity contribution in [1.29, 1.82) is 0 Å². The van der Waals surface area contributed by atoms with Crippen molar-refractivity contribution in [2.45, 2.75) is 10.6 Å². The Morgan fingerprint density at radius 2 is 2.07 bits per heavy atom. The Bertz CT molecular complexity index is 1210. The Labute approximate surface area is 180 Å². The Morgan fingerprint density at radius 3 is 2.97 bits per heavy atom. The van der Waals surface area contributed by atoms with Gasteiger partial charge in [-0.2, -0.15) is 0 Å². The Kier molecular flexibility index (Phi) is 5.22. The van der Waals surface area contributed by atoms with Gasteiger partial charge in [0.15, 0.2) is 0 Å². The molecular weight excluding hydrogens is 423 g/mol. The van der Waals surface area contributed by atoms with Gasteiger partial charge in [0.05, 0.1) is 11.3 Å². The topological polar surface area (TPSA) is 75.0 Å². The lowest BCUT2D eigenvalue weighted by atomic mass is 10.2. The molecule has 0 unspecified atom stereocenters. The van der Waals surface area contributed by atoms with E-state index in [9.17, 15) is 9.18 Å². The molecule has 2 aromatic heterocycles. The molecule has 6 nitrogen and oxygen atoms in total. The van der Waals surface area contributed by atoms with Crippen LogP contribution in [-0.2, 0) is 4.79 Å². The Hall–Kier alpha value is -2.78. The normalized spacial score (nSPS) is 16.4. The summed E-state index contributed by atoms with van der Waals surface area (Å²) < 4.78 is 19.9. The number of rotatable bonds is 5. The van der Waals surface area contributed by atoms with Crippen LogP contribution in [0.5, 0.6) is 0 Å². The van der Waals surface area contributed by atoms with Crippen LogP contribution in [0.3, 0.4) is 0 Å². The molecule has 1 N–H and O–H groups in total. The number of halogens is 1. The number of aromatic amines is 1. The molecule has 4 aromatic rings. The molecule has 3 heterocycles. The first kappa shape index (κ1) is 19.2. The summed E-state index contributed by atoms with van der Waals surface area (Å²) in [6, 6.07) is 14.5. The van der Waals surface area contributed by atoms with E-state index in [4.69, 9.17) is 4.42 Å². The van der Waals surface area contributed by atoms with Gasteiger partial charge in [-0.05, 0) is 12.1 Å². The number of hydrogen-bond donors (Lipinski definition) is 1. The van der Waals surface area contributed by atoms with Crippen LogP contribution in [0.1, 0.15) is 10.9 Å². The number of fused-ring (bicyclic) bond motifs is 1. The predicted octanol–water partition coefficient (Wildman–Crippen LogP) is 4.72. The Balaban J connectivity index is 1.27. The zero-order chi connectivity index (χ0) is 20.5. The molecule has 1 fully saturated rings. The van der Waals surface area contributed by atoms with Gasteiger partial charge in [-0.1, -0.05) is 48.2 Å². The maximum absolute atomic E-state index is 14.2. The summed E-state index contributed by atoms with van der Waals surface area (Å²) in [5.41, 5.74) is 2.35. The average Bonchev–Trinajstić information content (AvgIpc) is 3.51. The number of H-pyrrole nitrogens is 1. The predicted molar refractivity (Wildman–Crippen MR) is 116 cm³/mol. The SMILES string of the molecule is O=C(CSc1nnc(-c2c[nH]c3ccccc23)o1)N1CCS[C@@H]1c1ccccc1F. The molecule has 0 bridgehead atoms. The Morgan fingerprint density at radius 1 is 1.23 bits per heavy atom. The zero-order valence-electron chi connectivity index (χ0n) is 15.7. The molecular formula is C21H17FN4O2S2. The lowest BCUT2D eigenvalue weighted by Crippen LogP contribution is -2.32. The van der Waals surface area contributed by atoms with E-state index >= 15 is 0 Å². The minimum Gasteiger partial charge on any atom is -0.411 e. The summed E-state index contributed by atoms with van der Waals surface area (Å²) in [5.74, 6) is 0.970. The number of nitrogens with zero attached hydrogens (tertiary/aromatic N) is 3. The first-order chi connectivity index (χ1) is 14.7. The average molecular weight is 441 g/mol. The summed E-state index contributed by atoms with van der Waals surface area (Å²) >= 11 is 2.77. The number of amides is 1. The van der Waals surface area contributed by atoms with Gasteiger partial charge in [-0.25, -0.2) is 4.39 Å². The minimum absolute atomic E-state index is 0.0786. The molecule has 1 atom stereocenters. The second-order valence-corrected chi connectivity index (χ2v) is 8.86. The van der Waals surface area contributed by atoms with E-state index in [1.807, 2.05) is 30.5 Å². The van der Waals surface area contributed by atoms with Gasteiger partial charge in [-0.15, -0.1) is 22.0 Å². The van der Waals surface area contributed by atoms with E-state index in [0.717, 1.165) is 22.2 Å². The van der Waals surface area contributed by atoms with Crippen LogP contribution in [0, 0.1) is 5.82 Å². The zero-order valence-corrected chi connectivity index (χ0v) is 17.4. The molecule has 0 saturated carbocycles. The van der Waals surface area contributed by atoms with Crippen LogP contribution in [0.4, 0.5) is 4.39 Å². The number of hydrogen-bond acceptors (Lipinski definition) is 6. The first-order valence-corrected chi connectivity index (χ1v) is 11.4. The number of aromatic nitrogens is 3. The summed E-state index contributed by atoms with van der Waals surface area (Å²) in [6.45, 7) is 0.591. The fourth-order valence-electron chi connectivity index (χ4n) is 3.49. The van der Waals surface area contributed by atoms with Crippen molar-refractivity contribution >= 4 is 40.3 Å². The number of carbonyl (C=O) groups is 1. The molecule has 9 heteroatoms. The van der Waals surface area contributed by atoms with Crippen LogP contribution in [0.25, 0.3) is 22.4 Å². The van der Waals surface area contributed by atoms with Crippen molar-refractivity contribution in [2.24, 2.45) is 0 Å². The van der Waals surface area contributed by atoms with Crippen LogP contribution in [0.2, 0.25) is 0 Å². The largest absolute Gasteiger partial charge is 0.411 e. The van der Waals surface area contributed by atoms with Crippen molar-refractivity contribution in [3.63, 3.8) is 0 Å². The summed E-state index contributed by atoms with van der Waals surface area (Å²) in [6.07, 6.45) is 1.83. The second-order valence-electron chi connectivity index (χ2n) is 6.74. The monoisotopic (exact) mass is 440 g/mol. The fourth-order valence-corrected chi connectivity index (χ4v) is 5.44. The highest BCUT2D eigenvalue weighted by Gasteiger charge is 2.32. The van der Waals surface area contributed by atoms with E-state index in [-0.39, 0.29) is 22.9 Å². The third-order valence-electron chi connectivity index (χ3n) is 4.93. The molecule has 0 aliphatic carbocycles. The molecule has 152 valence electrons. The van der Waals surface area contributed by atoms with Crippen molar-refractivity contribution < 1.29 is 13.6 Å². The highest BCUT2D eigenvalue weighted by atomic mass is 32.2. The first-order valence-electron chi connectivity index (χ1n) is 9.39. The van der Waals surface area contributed by atoms with Gasteiger partial charge in [0.2, 0.25) is 5.91 Å². The van der Waals surface area contributed by atoms with E-state index in [2.05, 4.69) is 15.2 Å². The van der Waals surface area contributed by atoms with Gasteiger partial charge in [0, 0.05) is 35.0 Å². The second kappa shape index (κ2) is 8.16. The fraction of sp³-hybridized carbons (Fsp3) is 0.190. The van der Waals surface area contributed by atoms with Gasteiger partial charge in [0.25, 0.3) is 11.1 Å². The smallest absolute Gasteiger partial charge is 0.277 e. The lowest BCUT2D eigenvalue weighted by molar-refractivity contribution is -0.128. The third kappa shape index (κ3) is 3.59. The summed E-state index contributed by atoms with van der Waals surface area (Å²) in [5, 5.41) is 9.21. The maximum Gasteiger partial charge on any atom is 0.277 e. The molecule has 30 heavy (non-hydrogen) atoms. The number of para-hydroxylation sites is 1. The van der Waals surface area contributed by atoms with Crippen molar-refractivity contribution in [3.8, 4) is 11.5 Å². The molecule has 1 amide bonds. The van der Waals surface area contributed by atoms with Crippen LogP contribution in [0.15, 0.2) is 64.4 Å². The van der Waals surface area contributed by atoms with Crippen LogP contribution >= 0.6 is 23.5 Å². The molecule has 1 aliphatic heterocycles. The lowest BCUT2D eigenvalue weighted by Gasteiger charge is -2.24.